The third kappa shape index (κ3) is 2.64. The molecular weight excluding hydrogens is 254 g/mol. The van der Waals surface area contributed by atoms with E-state index < -0.39 is 21.7 Å². The predicted octanol–water partition coefficient (Wildman–Crippen LogP) is 1.24. The summed E-state index contributed by atoms with van der Waals surface area (Å²) in [6, 6.07) is 7.27. The van der Waals surface area contributed by atoms with Crippen LogP contribution < -0.4 is 4.31 Å². The lowest BCUT2D eigenvalue weighted by Crippen LogP contribution is -2.36. The number of carboxylic acids is 1. The minimum Gasteiger partial charge on any atom is -0.480 e. The van der Waals surface area contributed by atoms with Crippen molar-refractivity contribution >= 4 is 21.7 Å². The minimum atomic E-state index is -3.79. The maximum absolute atomic E-state index is 12.1. The number of nitrogens with zero attached hydrogens (tertiary/aromatic N) is 1. The maximum Gasteiger partial charge on any atom is 0.320 e. The number of carbonyl (C=O) groups is 1. The fourth-order valence-electron chi connectivity index (χ4n) is 2.18. The molecule has 0 bridgehead atoms. The van der Waals surface area contributed by atoms with Crippen LogP contribution in [0.2, 0.25) is 0 Å². The van der Waals surface area contributed by atoms with Crippen LogP contribution in [0.3, 0.4) is 0 Å². The molecule has 0 amide bonds. The van der Waals surface area contributed by atoms with Crippen molar-refractivity contribution < 1.29 is 18.3 Å². The second-order valence-electron chi connectivity index (χ2n) is 4.31. The highest BCUT2D eigenvalue weighted by Crippen LogP contribution is 2.28. The summed E-state index contributed by atoms with van der Waals surface area (Å²) in [5.41, 5.74) is 1.58. The zero-order chi connectivity index (χ0) is 13.2. The number of fused-ring (bicyclic) bond motifs is 1. The van der Waals surface area contributed by atoms with E-state index in [2.05, 4.69) is 0 Å². The number of rotatable bonds is 3. The zero-order valence-corrected chi connectivity index (χ0v) is 10.7. The van der Waals surface area contributed by atoms with Gasteiger partial charge in [-0.15, -0.1) is 0 Å². The molecule has 1 N–H and O–H groups in total. The fourth-order valence-corrected chi connectivity index (χ4v) is 3.53. The van der Waals surface area contributed by atoms with Gasteiger partial charge in [0.25, 0.3) is 0 Å². The number of carboxylic acid groups (broad SMARTS) is 1. The largest absolute Gasteiger partial charge is 0.480 e. The van der Waals surface area contributed by atoms with Gasteiger partial charge in [0.05, 0.1) is 5.69 Å². The molecule has 98 valence electrons. The van der Waals surface area contributed by atoms with E-state index >= 15 is 0 Å². The third-order valence-electron chi connectivity index (χ3n) is 2.96. The average molecular weight is 269 g/mol. The summed E-state index contributed by atoms with van der Waals surface area (Å²) < 4.78 is 25.4. The van der Waals surface area contributed by atoms with Gasteiger partial charge in [-0.25, -0.2) is 8.42 Å². The van der Waals surface area contributed by atoms with Gasteiger partial charge in [-0.3, -0.25) is 9.10 Å². The first kappa shape index (κ1) is 12.9. The first-order valence-electron chi connectivity index (χ1n) is 5.81. The number of anilines is 1. The second kappa shape index (κ2) is 4.97. The number of aliphatic carboxylic acids is 1. The van der Waals surface area contributed by atoms with E-state index in [1.54, 1.807) is 12.1 Å². The molecule has 5 nitrogen and oxygen atoms in total. The molecule has 0 unspecified atom stereocenters. The Morgan fingerprint density at radius 1 is 1.28 bits per heavy atom. The molecule has 6 heteroatoms. The van der Waals surface area contributed by atoms with Crippen molar-refractivity contribution in [3.8, 4) is 0 Å². The molecule has 0 saturated carbocycles. The van der Waals surface area contributed by atoms with Crippen LogP contribution in [0.5, 0.6) is 0 Å². The molecule has 1 aliphatic rings. The molecule has 0 atom stereocenters. The van der Waals surface area contributed by atoms with Crippen LogP contribution in [0.15, 0.2) is 24.3 Å². The van der Waals surface area contributed by atoms with E-state index in [9.17, 15) is 13.2 Å². The summed E-state index contributed by atoms with van der Waals surface area (Å²) in [4.78, 5) is 10.6. The van der Waals surface area contributed by atoms with E-state index in [4.69, 9.17) is 5.11 Å². The van der Waals surface area contributed by atoms with Crippen LogP contribution in [-0.4, -0.2) is 31.8 Å². The Bertz CT molecular complexity index is 553. The molecule has 0 fully saturated rings. The molecule has 1 aromatic carbocycles. The molecule has 0 saturated heterocycles. The van der Waals surface area contributed by atoms with Gasteiger partial charge in [0.2, 0.25) is 10.0 Å². The molecular formula is C12H15NO4S. The van der Waals surface area contributed by atoms with Crippen molar-refractivity contribution in [3.05, 3.63) is 29.8 Å². The van der Waals surface area contributed by atoms with Gasteiger partial charge in [0, 0.05) is 6.54 Å². The van der Waals surface area contributed by atoms with E-state index in [1.165, 1.54) is 4.31 Å². The first-order chi connectivity index (χ1) is 8.50. The molecule has 1 heterocycles. The summed E-state index contributed by atoms with van der Waals surface area (Å²) in [6.07, 6.45) is 2.49. The summed E-state index contributed by atoms with van der Waals surface area (Å²) in [6.45, 7) is 0.354. The Morgan fingerprint density at radius 2 is 2.00 bits per heavy atom. The topological polar surface area (TPSA) is 74.7 Å². The Labute approximate surface area is 106 Å². The predicted molar refractivity (Wildman–Crippen MR) is 68.1 cm³/mol. The monoisotopic (exact) mass is 269 g/mol. The highest BCUT2D eigenvalue weighted by Gasteiger charge is 2.28. The number of aryl methyl sites for hydroxylation is 1. The third-order valence-corrected chi connectivity index (χ3v) is 4.62. The number of sulfonamides is 1. The lowest BCUT2D eigenvalue weighted by Gasteiger charge is -2.23. The van der Waals surface area contributed by atoms with Gasteiger partial charge in [0.1, 0.15) is 0 Å². The number of hydrogen-bond acceptors (Lipinski definition) is 3. The smallest absolute Gasteiger partial charge is 0.320 e. The highest BCUT2D eigenvalue weighted by molar-refractivity contribution is 7.93. The summed E-state index contributed by atoms with van der Waals surface area (Å²) in [5.74, 6) is -2.18. The molecule has 2 rings (SSSR count). The average Bonchev–Trinajstić information content (AvgIpc) is 2.49. The normalized spacial score (nSPS) is 15.9. The van der Waals surface area contributed by atoms with Crippen LogP contribution in [0.1, 0.15) is 18.4 Å². The summed E-state index contributed by atoms with van der Waals surface area (Å²) in [5, 5.41) is 8.69. The number of hydrogen-bond donors (Lipinski definition) is 1. The Morgan fingerprint density at radius 3 is 2.72 bits per heavy atom. The van der Waals surface area contributed by atoms with E-state index in [1.807, 2.05) is 12.1 Å². The zero-order valence-electron chi connectivity index (χ0n) is 9.87. The summed E-state index contributed by atoms with van der Waals surface area (Å²) in [7, 11) is -3.79. The van der Waals surface area contributed by atoms with Gasteiger partial charge in [-0.1, -0.05) is 18.2 Å². The highest BCUT2D eigenvalue weighted by atomic mass is 32.2. The van der Waals surface area contributed by atoms with Crippen LogP contribution in [0.4, 0.5) is 5.69 Å². The van der Waals surface area contributed by atoms with Gasteiger partial charge >= 0.3 is 5.97 Å². The maximum atomic E-state index is 12.1. The number of para-hydroxylation sites is 1. The number of benzene rings is 1. The molecule has 0 spiro atoms. The standard InChI is InChI=1S/C12H15NO4S/c14-12(15)9-18(16,17)13-8-4-3-6-10-5-1-2-7-11(10)13/h1-2,5,7H,3-4,6,8-9H2,(H,14,15). The fraction of sp³-hybridized carbons (Fsp3) is 0.417. The molecule has 0 aromatic heterocycles. The summed E-state index contributed by atoms with van der Waals surface area (Å²) >= 11 is 0. The van der Waals surface area contributed by atoms with E-state index in [-0.39, 0.29) is 0 Å². The van der Waals surface area contributed by atoms with Crippen molar-refractivity contribution in [1.29, 1.82) is 0 Å². The Kier molecular flexibility index (Phi) is 3.56. The first-order valence-corrected chi connectivity index (χ1v) is 7.42. The van der Waals surface area contributed by atoms with Crippen LogP contribution in [-0.2, 0) is 21.2 Å². The van der Waals surface area contributed by atoms with Crippen molar-refractivity contribution in [2.24, 2.45) is 0 Å². The van der Waals surface area contributed by atoms with Gasteiger partial charge in [0.15, 0.2) is 5.75 Å². The molecule has 0 radical (unpaired) electrons. The molecule has 18 heavy (non-hydrogen) atoms. The quantitative estimate of drug-likeness (QED) is 0.896. The molecule has 0 aliphatic carbocycles. The van der Waals surface area contributed by atoms with Crippen molar-refractivity contribution in [2.45, 2.75) is 19.3 Å². The van der Waals surface area contributed by atoms with Gasteiger partial charge in [-0.05, 0) is 30.9 Å². The lowest BCUT2D eigenvalue weighted by atomic mass is 10.1. The molecule has 1 aromatic rings. The molecule has 1 aliphatic heterocycles. The van der Waals surface area contributed by atoms with Crippen molar-refractivity contribution in [1.82, 2.24) is 0 Å². The van der Waals surface area contributed by atoms with E-state index in [0.717, 1.165) is 24.8 Å². The van der Waals surface area contributed by atoms with Crippen LogP contribution >= 0.6 is 0 Å². The van der Waals surface area contributed by atoms with Crippen LogP contribution in [0, 0.1) is 0 Å². The lowest BCUT2D eigenvalue weighted by molar-refractivity contribution is -0.134. The van der Waals surface area contributed by atoms with Gasteiger partial charge in [-0.2, -0.15) is 0 Å². The second-order valence-corrected chi connectivity index (χ2v) is 6.20. The van der Waals surface area contributed by atoms with Crippen molar-refractivity contribution in [2.75, 3.05) is 16.6 Å². The van der Waals surface area contributed by atoms with Crippen LogP contribution in [0.25, 0.3) is 0 Å². The van der Waals surface area contributed by atoms with Gasteiger partial charge < -0.3 is 5.11 Å². The Hall–Kier alpha value is -1.56. The van der Waals surface area contributed by atoms with Crippen molar-refractivity contribution in [3.63, 3.8) is 0 Å². The Balaban J connectivity index is 2.42. The minimum absolute atomic E-state index is 0.354. The SMILES string of the molecule is O=C(O)CS(=O)(=O)N1CCCCc2ccccc21. The van der Waals surface area contributed by atoms with E-state index in [0.29, 0.717) is 12.2 Å².